The summed E-state index contributed by atoms with van der Waals surface area (Å²) in [5.41, 5.74) is 12.3. The molecular weight excluding hydrogens is 258 g/mol. The third-order valence-electron chi connectivity index (χ3n) is 2.77. The fourth-order valence-electron chi connectivity index (χ4n) is 1.86. The van der Waals surface area contributed by atoms with Crippen LogP contribution in [0.3, 0.4) is 0 Å². The number of nitrogens with two attached hydrogens (primary N) is 2. The number of nitrogens with zero attached hydrogens (tertiary/aromatic N) is 3. The molecule has 0 aliphatic heterocycles. The predicted molar refractivity (Wildman–Crippen MR) is 72.0 cm³/mol. The number of anilines is 1. The number of carbonyl (C=O) groups excluding carboxylic acids is 1. The first-order valence-electron chi connectivity index (χ1n) is 5.75. The molecule has 0 saturated heterocycles. The summed E-state index contributed by atoms with van der Waals surface area (Å²) in [6, 6.07) is 7.12. The van der Waals surface area contributed by atoms with Crippen molar-refractivity contribution in [3.63, 3.8) is 0 Å². The van der Waals surface area contributed by atoms with E-state index in [4.69, 9.17) is 21.5 Å². The van der Waals surface area contributed by atoms with Crippen molar-refractivity contribution >= 4 is 11.6 Å². The van der Waals surface area contributed by atoms with Crippen molar-refractivity contribution in [2.24, 2.45) is 5.73 Å². The molecule has 0 aliphatic rings. The third kappa shape index (κ3) is 2.54. The van der Waals surface area contributed by atoms with Crippen LogP contribution in [0.4, 0.5) is 5.69 Å². The molecule has 0 unspecified atom stereocenters. The van der Waals surface area contributed by atoms with E-state index in [0.717, 1.165) is 5.56 Å². The number of hydrogen-bond donors (Lipinski definition) is 2. The van der Waals surface area contributed by atoms with E-state index in [2.05, 4.69) is 11.2 Å². The minimum Gasteiger partial charge on any atom is -0.496 e. The zero-order valence-electron chi connectivity index (χ0n) is 10.8. The highest BCUT2D eigenvalue weighted by Gasteiger charge is 2.13. The van der Waals surface area contributed by atoms with E-state index in [1.54, 1.807) is 18.2 Å². The zero-order chi connectivity index (χ0) is 14.7. The van der Waals surface area contributed by atoms with Gasteiger partial charge in [0.25, 0.3) is 5.91 Å². The van der Waals surface area contributed by atoms with E-state index >= 15 is 0 Å². The van der Waals surface area contributed by atoms with E-state index in [-0.39, 0.29) is 11.4 Å². The van der Waals surface area contributed by atoms with Gasteiger partial charge in [-0.15, -0.1) is 0 Å². The summed E-state index contributed by atoms with van der Waals surface area (Å²) in [7, 11) is 1.54. The van der Waals surface area contributed by atoms with Crippen LogP contribution in [0.1, 0.15) is 21.6 Å². The van der Waals surface area contributed by atoms with Crippen LogP contribution in [-0.2, 0) is 6.54 Å². The molecule has 0 fully saturated rings. The minimum atomic E-state index is -0.681. The molecular formula is C13H13N5O2. The lowest BCUT2D eigenvalue weighted by atomic mass is 10.1. The van der Waals surface area contributed by atoms with Crippen molar-refractivity contribution in [1.29, 1.82) is 5.26 Å². The molecule has 0 saturated carbocycles. The lowest BCUT2D eigenvalue weighted by Crippen LogP contribution is -2.14. The fourth-order valence-corrected chi connectivity index (χ4v) is 1.86. The molecule has 7 heteroatoms. The molecule has 1 amide bonds. The van der Waals surface area contributed by atoms with Crippen LogP contribution in [0, 0.1) is 11.3 Å². The van der Waals surface area contributed by atoms with Crippen molar-refractivity contribution in [2.75, 3.05) is 12.8 Å². The maximum Gasteiger partial charge on any atom is 0.271 e. The van der Waals surface area contributed by atoms with Gasteiger partial charge in [0, 0.05) is 11.8 Å². The Hall–Kier alpha value is -3.01. The summed E-state index contributed by atoms with van der Waals surface area (Å²) in [4.78, 5) is 11.1. The number of benzene rings is 1. The quantitative estimate of drug-likeness (QED) is 0.838. The number of ether oxygens (including phenoxy) is 1. The highest BCUT2D eigenvalue weighted by molar-refractivity contribution is 5.95. The van der Waals surface area contributed by atoms with Gasteiger partial charge in [-0.2, -0.15) is 10.4 Å². The van der Waals surface area contributed by atoms with Crippen molar-refractivity contribution in [2.45, 2.75) is 6.54 Å². The van der Waals surface area contributed by atoms with Crippen molar-refractivity contribution in [3.05, 3.63) is 41.2 Å². The summed E-state index contributed by atoms with van der Waals surface area (Å²) in [5.74, 6) is -0.0577. The topological polar surface area (TPSA) is 120 Å². The van der Waals surface area contributed by atoms with Crippen LogP contribution in [-0.4, -0.2) is 22.8 Å². The Morgan fingerprint density at radius 3 is 2.85 bits per heavy atom. The second-order valence-corrected chi connectivity index (χ2v) is 4.13. The number of carbonyl (C=O) groups is 1. The molecule has 7 nitrogen and oxygen atoms in total. The number of hydrogen-bond acceptors (Lipinski definition) is 5. The fraction of sp³-hybridized carbons (Fsp3) is 0.154. The smallest absolute Gasteiger partial charge is 0.271 e. The van der Waals surface area contributed by atoms with Crippen molar-refractivity contribution < 1.29 is 9.53 Å². The number of rotatable bonds is 4. The third-order valence-corrected chi connectivity index (χ3v) is 2.77. The van der Waals surface area contributed by atoms with Gasteiger partial charge in [-0.1, -0.05) is 0 Å². The number of methoxy groups -OCH3 is 1. The van der Waals surface area contributed by atoms with Crippen LogP contribution in [0.15, 0.2) is 24.4 Å². The van der Waals surface area contributed by atoms with E-state index in [1.165, 1.54) is 18.0 Å². The highest BCUT2D eigenvalue weighted by Crippen LogP contribution is 2.21. The van der Waals surface area contributed by atoms with Gasteiger partial charge in [-0.3, -0.25) is 9.48 Å². The Labute approximate surface area is 115 Å². The first kappa shape index (κ1) is 13.4. The van der Waals surface area contributed by atoms with Crippen LogP contribution < -0.4 is 16.2 Å². The van der Waals surface area contributed by atoms with Gasteiger partial charge >= 0.3 is 0 Å². The largest absolute Gasteiger partial charge is 0.496 e. The number of aromatic nitrogens is 2. The average molecular weight is 271 g/mol. The Kier molecular flexibility index (Phi) is 3.57. The molecule has 1 aromatic heterocycles. The van der Waals surface area contributed by atoms with E-state index < -0.39 is 5.91 Å². The second-order valence-electron chi connectivity index (χ2n) is 4.13. The standard InChI is InChI=1S/C13H13N5O2/c1-20-11-3-2-8(5-14)4-9(11)6-18-7-10(15)12(17-18)13(16)19/h2-4,7H,6,15H2,1H3,(H2,16,19). The average Bonchev–Trinajstić information content (AvgIpc) is 2.79. The molecule has 0 spiro atoms. The van der Waals surface area contributed by atoms with E-state index in [1.807, 2.05) is 0 Å². The SMILES string of the molecule is COc1ccc(C#N)cc1Cn1cc(N)c(C(N)=O)n1. The van der Waals surface area contributed by atoms with Gasteiger partial charge in [0.05, 0.1) is 31.0 Å². The van der Waals surface area contributed by atoms with E-state index in [0.29, 0.717) is 17.9 Å². The number of amides is 1. The van der Waals surface area contributed by atoms with Gasteiger partial charge in [-0.05, 0) is 18.2 Å². The van der Waals surface area contributed by atoms with Gasteiger partial charge in [-0.25, -0.2) is 0 Å². The molecule has 2 aromatic rings. The summed E-state index contributed by atoms with van der Waals surface area (Å²) in [5, 5.41) is 12.9. The monoisotopic (exact) mass is 271 g/mol. The number of nitriles is 1. The molecule has 1 aromatic carbocycles. The van der Waals surface area contributed by atoms with Gasteiger partial charge in [0.1, 0.15) is 5.75 Å². The van der Waals surface area contributed by atoms with Crippen molar-refractivity contribution in [3.8, 4) is 11.8 Å². The zero-order valence-corrected chi connectivity index (χ0v) is 10.8. The highest BCUT2D eigenvalue weighted by atomic mass is 16.5. The Balaban J connectivity index is 2.36. The molecule has 0 atom stereocenters. The van der Waals surface area contributed by atoms with Crippen LogP contribution in [0.25, 0.3) is 0 Å². The molecule has 0 radical (unpaired) electrons. The first-order valence-corrected chi connectivity index (χ1v) is 5.75. The maximum absolute atomic E-state index is 11.1. The number of primary amides is 1. The molecule has 0 bridgehead atoms. The lowest BCUT2D eigenvalue weighted by molar-refractivity contribution is 0.0995. The Morgan fingerprint density at radius 1 is 1.55 bits per heavy atom. The maximum atomic E-state index is 11.1. The Bertz CT molecular complexity index is 699. The molecule has 2 rings (SSSR count). The molecule has 4 N–H and O–H groups in total. The van der Waals surface area contributed by atoms with Crippen LogP contribution in [0.5, 0.6) is 5.75 Å². The van der Waals surface area contributed by atoms with Crippen LogP contribution in [0.2, 0.25) is 0 Å². The predicted octanol–water partition coefficient (Wildman–Crippen LogP) is 0.493. The number of nitrogen functional groups attached to an aromatic ring is 1. The molecule has 1 heterocycles. The lowest BCUT2D eigenvalue weighted by Gasteiger charge is -2.08. The van der Waals surface area contributed by atoms with Crippen LogP contribution >= 0.6 is 0 Å². The van der Waals surface area contributed by atoms with Gasteiger partial charge in [0.15, 0.2) is 5.69 Å². The summed E-state index contributed by atoms with van der Waals surface area (Å²) in [6.45, 7) is 0.316. The second kappa shape index (κ2) is 5.32. The molecule has 0 aliphatic carbocycles. The normalized spacial score (nSPS) is 10.0. The minimum absolute atomic E-state index is 0.0282. The first-order chi connectivity index (χ1) is 9.55. The summed E-state index contributed by atoms with van der Waals surface area (Å²) < 4.78 is 6.71. The van der Waals surface area contributed by atoms with Crippen molar-refractivity contribution in [1.82, 2.24) is 9.78 Å². The van der Waals surface area contributed by atoms with Gasteiger partial charge in [0.2, 0.25) is 0 Å². The Morgan fingerprint density at radius 2 is 2.30 bits per heavy atom. The molecule has 20 heavy (non-hydrogen) atoms. The summed E-state index contributed by atoms with van der Waals surface area (Å²) >= 11 is 0. The summed E-state index contributed by atoms with van der Waals surface area (Å²) in [6.07, 6.45) is 1.51. The van der Waals surface area contributed by atoms with Gasteiger partial charge < -0.3 is 16.2 Å². The molecule has 102 valence electrons. The van der Waals surface area contributed by atoms with E-state index in [9.17, 15) is 4.79 Å².